The third-order valence-electron chi connectivity index (χ3n) is 2.62. The highest BCUT2D eigenvalue weighted by molar-refractivity contribution is 6.33. The molecule has 2 aromatic carbocycles. The van der Waals surface area contributed by atoms with Crippen LogP contribution in [0.5, 0.6) is 0 Å². The Morgan fingerprint density at radius 2 is 1.71 bits per heavy atom. The molecule has 0 aliphatic carbocycles. The molecule has 0 fully saturated rings. The van der Waals surface area contributed by atoms with E-state index in [1.54, 1.807) is 0 Å². The third kappa shape index (κ3) is 3.89. The van der Waals surface area contributed by atoms with E-state index in [9.17, 15) is 18.0 Å². The molecule has 110 valence electrons. The second-order valence-electron chi connectivity index (χ2n) is 4.22. The summed E-state index contributed by atoms with van der Waals surface area (Å²) < 4.78 is 39.6. The topological polar surface area (TPSA) is 29.1 Å². The minimum atomic E-state index is -0.990. The Balaban J connectivity index is 2.13. The van der Waals surface area contributed by atoms with Crippen LogP contribution in [0, 0.1) is 17.5 Å². The van der Waals surface area contributed by atoms with Crippen molar-refractivity contribution in [3.05, 3.63) is 63.4 Å². The van der Waals surface area contributed by atoms with E-state index in [-0.39, 0.29) is 22.2 Å². The van der Waals surface area contributed by atoms with Gasteiger partial charge >= 0.3 is 0 Å². The zero-order valence-corrected chi connectivity index (χ0v) is 11.9. The van der Waals surface area contributed by atoms with Gasteiger partial charge in [0.25, 0.3) is 0 Å². The van der Waals surface area contributed by atoms with Crippen LogP contribution in [-0.4, -0.2) is 5.91 Å². The number of rotatable bonds is 3. The standard InChI is InChI=1S/C14H8Cl2F3NO/c15-9-2-1-7(3-11(9)18)4-13(21)20-14-10(16)5-8(17)6-12(14)19/h1-3,5-6H,4H2,(H,20,21). The average molecular weight is 334 g/mol. The molecular weight excluding hydrogens is 326 g/mol. The van der Waals surface area contributed by atoms with Gasteiger partial charge in [-0.25, -0.2) is 13.2 Å². The van der Waals surface area contributed by atoms with Crippen molar-refractivity contribution in [3.63, 3.8) is 0 Å². The molecule has 1 N–H and O–H groups in total. The highest BCUT2D eigenvalue weighted by atomic mass is 35.5. The number of carbonyl (C=O) groups is 1. The smallest absolute Gasteiger partial charge is 0.228 e. The first-order valence-electron chi connectivity index (χ1n) is 5.75. The van der Waals surface area contributed by atoms with Crippen molar-refractivity contribution in [2.45, 2.75) is 6.42 Å². The molecule has 0 radical (unpaired) electrons. The van der Waals surface area contributed by atoms with Gasteiger partial charge in [0, 0.05) is 6.07 Å². The number of carbonyl (C=O) groups excluding carboxylic acids is 1. The third-order valence-corrected chi connectivity index (χ3v) is 3.22. The average Bonchev–Trinajstić information content (AvgIpc) is 2.38. The van der Waals surface area contributed by atoms with Crippen molar-refractivity contribution >= 4 is 34.8 Å². The van der Waals surface area contributed by atoms with Gasteiger partial charge in [-0.3, -0.25) is 4.79 Å². The molecule has 0 bridgehead atoms. The summed E-state index contributed by atoms with van der Waals surface area (Å²) in [4.78, 5) is 11.8. The highest BCUT2D eigenvalue weighted by Crippen LogP contribution is 2.26. The van der Waals surface area contributed by atoms with Crippen LogP contribution in [0.3, 0.4) is 0 Å². The van der Waals surface area contributed by atoms with Crippen molar-refractivity contribution in [1.82, 2.24) is 0 Å². The van der Waals surface area contributed by atoms with Gasteiger partial charge in [0.2, 0.25) is 5.91 Å². The van der Waals surface area contributed by atoms with Crippen LogP contribution >= 0.6 is 23.2 Å². The van der Waals surface area contributed by atoms with Gasteiger partial charge in [0.15, 0.2) is 5.82 Å². The Morgan fingerprint density at radius 1 is 1.00 bits per heavy atom. The van der Waals surface area contributed by atoms with Gasteiger partial charge in [-0.15, -0.1) is 0 Å². The first-order valence-corrected chi connectivity index (χ1v) is 6.50. The monoisotopic (exact) mass is 333 g/mol. The van der Waals surface area contributed by atoms with E-state index in [0.717, 1.165) is 12.1 Å². The molecule has 0 aliphatic heterocycles. The van der Waals surface area contributed by atoms with Crippen molar-refractivity contribution < 1.29 is 18.0 Å². The molecule has 0 saturated carbocycles. The lowest BCUT2D eigenvalue weighted by atomic mass is 10.1. The molecule has 0 spiro atoms. The predicted molar refractivity (Wildman–Crippen MR) is 75.1 cm³/mol. The summed E-state index contributed by atoms with van der Waals surface area (Å²) in [6.07, 6.45) is -0.207. The van der Waals surface area contributed by atoms with E-state index >= 15 is 0 Å². The first-order chi connectivity index (χ1) is 9.86. The van der Waals surface area contributed by atoms with Crippen molar-refractivity contribution in [2.75, 3.05) is 5.32 Å². The summed E-state index contributed by atoms with van der Waals surface area (Å²) in [7, 11) is 0. The van der Waals surface area contributed by atoms with Crippen LogP contribution < -0.4 is 5.32 Å². The molecule has 2 aromatic rings. The number of amides is 1. The molecule has 0 unspecified atom stereocenters. The molecular formula is C14H8Cl2F3NO. The summed E-state index contributed by atoms with van der Waals surface area (Å²) >= 11 is 11.2. The summed E-state index contributed by atoms with van der Waals surface area (Å²) in [5.74, 6) is -3.12. The summed E-state index contributed by atoms with van der Waals surface area (Å²) in [6.45, 7) is 0. The van der Waals surface area contributed by atoms with E-state index in [0.29, 0.717) is 11.6 Å². The SMILES string of the molecule is O=C(Cc1ccc(Cl)c(F)c1)Nc1c(F)cc(F)cc1Cl. The summed E-state index contributed by atoms with van der Waals surface area (Å²) in [5.41, 5.74) is 0.0329. The molecule has 0 heterocycles. The van der Waals surface area contributed by atoms with E-state index in [1.807, 2.05) is 0 Å². The number of benzene rings is 2. The van der Waals surface area contributed by atoms with Crippen LogP contribution in [0.2, 0.25) is 10.0 Å². The molecule has 0 atom stereocenters. The highest BCUT2D eigenvalue weighted by Gasteiger charge is 2.14. The van der Waals surface area contributed by atoms with E-state index < -0.39 is 23.4 Å². The lowest BCUT2D eigenvalue weighted by molar-refractivity contribution is -0.115. The molecule has 0 aliphatic rings. The van der Waals surface area contributed by atoms with Gasteiger partial charge in [-0.1, -0.05) is 29.3 Å². The number of anilines is 1. The quantitative estimate of drug-likeness (QED) is 0.874. The number of nitrogens with one attached hydrogen (secondary N) is 1. The maximum absolute atomic E-state index is 13.5. The lowest BCUT2D eigenvalue weighted by Gasteiger charge is -2.09. The van der Waals surface area contributed by atoms with E-state index in [4.69, 9.17) is 23.2 Å². The number of hydrogen-bond acceptors (Lipinski definition) is 1. The Kier molecular flexibility index (Phi) is 4.75. The van der Waals surface area contributed by atoms with Crippen molar-refractivity contribution in [1.29, 1.82) is 0 Å². The Labute approximate surface area is 128 Å². The van der Waals surface area contributed by atoms with E-state index in [2.05, 4.69) is 5.32 Å². The van der Waals surface area contributed by atoms with Gasteiger partial charge in [-0.2, -0.15) is 0 Å². The van der Waals surface area contributed by atoms with Crippen LogP contribution in [0.25, 0.3) is 0 Å². The van der Waals surface area contributed by atoms with Gasteiger partial charge < -0.3 is 5.32 Å². The van der Waals surface area contributed by atoms with Crippen LogP contribution in [0.4, 0.5) is 18.9 Å². The fourth-order valence-corrected chi connectivity index (χ4v) is 2.04. The first kappa shape index (κ1) is 15.7. The fraction of sp³-hybridized carbons (Fsp3) is 0.0714. The zero-order valence-electron chi connectivity index (χ0n) is 10.4. The largest absolute Gasteiger partial charge is 0.322 e. The molecule has 21 heavy (non-hydrogen) atoms. The molecule has 7 heteroatoms. The van der Waals surface area contributed by atoms with Crippen molar-refractivity contribution in [2.24, 2.45) is 0 Å². The Hall–Kier alpha value is -1.72. The molecule has 0 aromatic heterocycles. The Bertz CT molecular complexity index is 684. The molecule has 2 nitrogen and oxygen atoms in total. The van der Waals surface area contributed by atoms with Crippen LogP contribution in [0.1, 0.15) is 5.56 Å². The molecule has 1 amide bonds. The molecule has 0 saturated heterocycles. The van der Waals surface area contributed by atoms with E-state index in [1.165, 1.54) is 12.1 Å². The normalized spacial score (nSPS) is 10.5. The van der Waals surface area contributed by atoms with Gasteiger partial charge in [-0.05, 0) is 23.8 Å². The Morgan fingerprint density at radius 3 is 2.33 bits per heavy atom. The minimum Gasteiger partial charge on any atom is -0.322 e. The second kappa shape index (κ2) is 6.37. The molecule has 2 rings (SSSR count). The van der Waals surface area contributed by atoms with Gasteiger partial charge in [0.05, 0.1) is 22.2 Å². The summed E-state index contributed by atoms with van der Waals surface area (Å²) in [5, 5.41) is 1.90. The second-order valence-corrected chi connectivity index (χ2v) is 5.03. The maximum atomic E-state index is 13.5. The predicted octanol–water partition coefficient (Wildman–Crippen LogP) is 4.59. The number of halogens is 5. The number of hydrogen-bond donors (Lipinski definition) is 1. The lowest BCUT2D eigenvalue weighted by Crippen LogP contribution is -2.16. The fourth-order valence-electron chi connectivity index (χ4n) is 1.68. The van der Waals surface area contributed by atoms with Crippen LogP contribution in [-0.2, 0) is 11.2 Å². The van der Waals surface area contributed by atoms with Crippen LogP contribution in [0.15, 0.2) is 30.3 Å². The summed E-state index contributed by atoms with van der Waals surface area (Å²) in [6, 6.07) is 5.36. The zero-order chi connectivity index (χ0) is 15.6. The van der Waals surface area contributed by atoms with Crippen molar-refractivity contribution in [3.8, 4) is 0 Å². The maximum Gasteiger partial charge on any atom is 0.228 e. The minimum absolute atomic E-state index is 0.0632. The van der Waals surface area contributed by atoms with Gasteiger partial charge in [0.1, 0.15) is 11.6 Å².